The zero-order valence-electron chi connectivity index (χ0n) is 12.6. The van der Waals surface area contributed by atoms with Gasteiger partial charge in [-0.1, -0.05) is 6.92 Å². The fourth-order valence-electron chi connectivity index (χ4n) is 2.94. The lowest BCUT2D eigenvalue weighted by atomic mass is 10.1. The third-order valence-corrected chi connectivity index (χ3v) is 4.11. The maximum Gasteiger partial charge on any atom is 0.117 e. The number of hydrogen-bond donors (Lipinski definition) is 1. The Kier molecular flexibility index (Phi) is 4.41. The average molecular weight is 288 g/mol. The molecule has 1 fully saturated rings. The molecule has 5 heteroatoms. The summed E-state index contributed by atoms with van der Waals surface area (Å²) < 4.78 is 7.76. The lowest BCUT2D eigenvalue weighted by Gasteiger charge is -2.30. The molecule has 0 amide bonds. The topological polar surface area (TPSA) is 60.2 Å². The van der Waals surface area contributed by atoms with Gasteiger partial charge in [0.15, 0.2) is 0 Å². The van der Waals surface area contributed by atoms with E-state index in [1.807, 2.05) is 24.7 Å². The van der Waals surface area contributed by atoms with Crippen LogP contribution in [0.1, 0.15) is 43.7 Å². The van der Waals surface area contributed by atoms with Gasteiger partial charge < -0.3 is 14.7 Å². The van der Waals surface area contributed by atoms with Gasteiger partial charge in [-0.15, -0.1) is 0 Å². The number of aromatic nitrogens is 2. The number of hydrogen-bond acceptors (Lipinski definition) is 4. The largest absolute Gasteiger partial charge is 0.468 e. The Morgan fingerprint density at radius 2 is 2.38 bits per heavy atom. The van der Waals surface area contributed by atoms with E-state index in [4.69, 9.17) is 10.2 Å². The second kappa shape index (κ2) is 6.45. The van der Waals surface area contributed by atoms with E-state index in [9.17, 15) is 0 Å². The Balaban J connectivity index is 1.83. The quantitative estimate of drug-likeness (QED) is 0.811. The van der Waals surface area contributed by atoms with Gasteiger partial charge in [-0.05, 0) is 31.4 Å². The lowest BCUT2D eigenvalue weighted by Crippen LogP contribution is -2.36. The van der Waals surface area contributed by atoms with Crippen molar-refractivity contribution in [3.63, 3.8) is 0 Å². The summed E-state index contributed by atoms with van der Waals surface area (Å²) >= 11 is 0. The van der Waals surface area contributed by atoms with Gasteiger partial charge in [0.1, 0.15) is 5.76 Å². The van der Waals surface area contributed by atoms with E-state index in [1.165, 1.54) is 18.5 Å². The first-order valence-corrected chi connectivity index (χ1v) is 7.81. The van der Waals surface area contributed by atoms with Crippen LogP contribution in [-0.2, 0) is 13.1 Å². The number of imidazole rings is 1. The van der Waals surface area contributed by atoms with Crippen molar-refractivity contribution >= 4 is 0 Å². The van der Waals surface area contributed by atoms with Gasteiger partial charge >= 0.3 is 0 Å². The predicted molar refractivity (Wildman–Crippen MR) is 81.6 cm³/mol. The van der Waals surface area contributed by atoms with Gasteiger partial charge in [-0.25, -0.2) is 4.98 Å². The third kappa shape index (κ3) is 3.19. The molecule has 2 aromatic rings. The van der Waals surface area contributed by atoms with Crippen LogP contribution in [0.4, 0.5) is 0 Å². The number of furan rings is 1. The fraction of sp³-hybridized carbons (Fsp3) is 0.562. The molecule has 1 aliphatic carbocycles. The summed E-state index contributed by atoms with van der Waals surface area (Å²) in [4.78, 5) is 6.80. The minimum atomic E-state index is 0.205. The first kappa shape index (κ1) is 14.4. The second-order valence-electron chi connectivity index (χ2n) is 5.75. The molecule has 2 aromatic heterocycles. The van der Waals surface area contributed by atoms with Gasteiger partial charge in [0.25, 0.3) is 0 Å². The molecule has 5 nitrogen and oxygen atoms in total. The molecule has 0 spiro atoms. The average Bonchev–Trinajstić information content (AvgIpc) is 3.01. The first-order chi connectivity index (χ1) is 10.3. The molecule has 0 aromatic carbocycles. The van der Waals surface area contributed by atoms with E-state index in [-0.39, 0.29) is 6.04 Å². The summed E-state index contributed by atoms with van der Waals surface area (Å²) in [6, 6.07) is 4.80. The maximum absolute atomic E-state index is 6.11. The van der Waals surface area contributed by atoms with Gasteiger partial charge in [-0.2, -0.15) is 0 Å². The molecule has 1 atom stereocenters. The zero-order valence-corrected chi connectivity index (χ0v) is 12.6. The standard InChI is InChI=1S/C16H24N4O/c1-2-7-19-12-18-10-16(19)15(9-17)20(13-5-6-13)11-14-4-3-8-21-14/h3-4,8,10,12-13,15H,2,5-7,9,11,17H2,1H3. The molecule has 2 N–H and O–H groups in total. The smallest absolute Gasteiger partial charge is 0.117 e. The van der Waals surface area contributed by atoms with Gasteiger partial charge in [0, 0.05) is 25.3 Å². The molecular formula is C16H24N4O. The minimum Gasteiger partial charge on any atom is -0.468 e. The van der Waals surface area contributed by atoms with E-state index in [0.717, 1.165) is 25.3 Å². The molecule has 114 valence electrons. The Bertz CT molecular complexity index is 544. The van der Waals surface area contributed by atoms with Crippen LogP contribution < -0.4 is 5.73 Å². The van der Waals surface area contributed by atoms with Crippen molar-refractivity contribution in [2.75, 3.05) is 6.54 Å². The van der Waals surface area contributed by atoms with Crippen molar-refractivity contribution in [1.82, 2.24) is 14.5 Å². The molecule has 1 aliphatic rings. The summed E-state index contributed by atoms with van der Waals surface area (Å²) in [6.07, 6.45) is 9.21. The highest BCUT2D eigenvalue weighted by Gasteiger charge is 2.35. The number of nitrogens with zero attached hydrogens (tertiary/aromatic N) is 3. The Morgan fingerprint density at radius 1 is 1.52 bits per heavy atom. The van der Waals surface area contributed by atoms with Crippen LogP contribution in [0.25, 0.3) is 0 Å². The Morgan fingerprint density at radius 3 is 3.00 bits per heavy atom. The van der Waals surface area contributed by atoms with Crippen LogP contribution in [0, 0.1) is 0 Å². The summed E-state index contributed by atoms with van der Waals surface area (Å²) in [7, 11) is 0. The molecule has 2 heterocycles. The molecule has 3 rings (SSSR count). The van der Waals surface area contributed by atoms with Crippen LogP contribution >= 0.6 is 0 Å². The minimum absolute atomic E-state index is 0.205. The van der Waals surface area contributed by atoms with Crippen molar-refractivity contribution in [2.24, 2.45) is 5.73 Å². The molecular weight excluding hydrogens is 264 g/mol. The van der Waals surface area contributed by atoms with E-state index in [1.54, 1.807) is 6.26 Å². The highest BCUT2D eigenvalue weighted by atomic mass is 16.3. The summed E-state index contributed by atoms with van der Waals surface area (Å²) in [5.41, 5.74) is 7.33. The van der Waals surface area contributed by atoms with Gasteiger partial charge in [0.05, 0.1) is 30.9 Å². The van der Waals surface area contributed by atoms with Crippen LogP contribution in [0.15, 0.2) is 35.3 Å². The molecule has 0 aliphatic heterocycles. The van der Waals surface area contributed by atoms with Crippen LogP contribution in [0.5, 0.6) is 0 Å². The normalized spacial score (nSPS) is 16.5. The van der Waals surface area contributed by atoms with Crippen molar-refractivity contribution < 1.29 is 4.42 Å². The molecule has 1 saturated carbocycles. The molecule has 0 bridgehead atoms. The van der Waals surface area contributed by atoms with Crippen LogP contribution in [-0.4, -0.2) is 27.0 Å². The zero-order chi connectivity index (χ0) is 14.7. The fourth-order valence-corrected chi connectivity index (χ4v) is 2.94. The van der Waals surface area contributed by atoms with E-state index < -0.39 is 0 Å². The van der Waals surface area contributed by atoms with E-state index >= 15 is 0 Å². The van der Waals surface area contributed by atoms with Crippen molar-refractivity contribution in [3.8, 4) is 0 Å². The van der Waals surface area contributed by atoms with Crippen LogP contribution in [0.2, 0.25) is 0 Å². The van der Waals surface area contributed by atoms with Crippen molar-refractivity contribution in [3.05, 3.63) is 42.4 Å². The lowest BCUT2D eigenvalue weighted by molar-refractivity contribution is 0.161. The number of nitrogens with two attached hydrogens (primary N) is 1. The summed E-state index contributed by atoms with van der Waals surface area (Å²) in [5, 5.41) is 0. The SMILES string of the molecule is CCCn1cncc1C(CN)N(Cc1ccco1)C1CC1. The second-order valence-corrected chi connectivity index (χ2v) is 5.75. The number of rotatable bonds is 8. The molecule has 0 saturated heterocycles. The van der Waals surface area contributed by atoms with Crippen molar-refractivity contribution in [1.29, 1.82) is 0 Å². The Labute approximate surface area is 125 Å². The highest BCUT2D eigenvalue weighted by molar-refractivity contribution is 5.10. The van der Waals surface area contributed by atoms with Gasteiger partial charge in [-0.3, -0.25) is 4.90 Å². The maximum atomic E-state index is 6.11. The van der Waals surface area contributed by atoms with E-state index in [0.29, 0.717) is 12.6 Å². The Hall–Kier alpha value is -1.59. The third-order valence-electron chi connectivity index (χ3n) is 4.11. The first-order valence-electron chi connectivity index (χ1n) is 7.81. The van der Waals surface area contributed by atoms with Gasteiger partial charge in [0.2, 0.25) is 0 Å². The van der Waals surface area contributed by atoms with Crippen molar-refractivity contribution in [2.45, 2.75) is 51.4 Å². The summed E-state index contributed by atoms with van der Waals surface area (Å²) in [6.45, 7) is 4.59. The molecule has 0 radical (unpaired) electrons. The predicted octanol–water partition coefficient (Wildman–Crippen LogP) is 2.55. The van der Waals surface area contributed by atoms with E-state index in [2.05, 4.69) is 21.4 Å². The molecule has 1 unspecified atom stereocenters. The molecule has 21 heavy (non-hydrogen) atoms. The number of aryl methyl sites for hydroxylation is 1. The van der Waals surface area contributed by atoms with Crippen LogP contribution in [0.3, 0.4) is 0 Å². The highest BCUT2D eigenvalue weighted by Crippen LogP contribution is 2.35. The summed E-state index contributed by atoms with van der Waals surface area (Å²) in [5.74, 6) is 1.00. The monoisotopic (exact) mass is 288 g/mol.